The van der Waals surface area contributed by atoms with Gasteiger partial charge in [0.05, 0.1) is 15.6 Å². The van der Waals surface area contributed by atoms with E-state index in [0.29, 0.717) is 17.3 Å². The summed E-state index contributed by atoms with van der Waals surface area (Å²) in [6.07, 6.45) is 0. The van der Waals surface area contributed by atoms with Gasteiger partial charge in [-0.05, 0) is 12.1 Å². The highest BCUT2D eigenvalue weighted by molar-refractivity contribution is 7.99. The molecule has 0 saturated carbocycles. The number of nitrogens with zero attached hydrogens (tertiary/aromatic N) is 1. The summed E-state index contributed by atoms with van der Waals surface area (Å²) < 4.78 is 15.6. The van der Waals surface area contributed by atoms with Crippen LogP contribution in [0.3, 0.4) is 0 Å². The summed E-state index contributed by atoms with van der Waals surface area (Å²) in [7, 11) is 0. The second kappa shape index (κ2) is 4.25. The van der Waals surface area contributed by atoms with Crippen molar-refractivity contribution in [3.63, 3.8) is 0 Å². The first-order chi connectivity index (χ1) is 9.02. The van der Waals surface area contributed by atoms with Crippen LogP contribution in [0.25, 0.3) is 10.9 Å². The summed E-state index contributed by atoms with van der Waals surface area (Å²) in [6.45, 7) is 0.453. The molecule has 19 heavy (non-hydrogen) atoms. The maximum Gasteiger partial charge on any atom is 0.342 e. The van der Waals surface area contributed by atoms with Crippen LogP contribution in [0.1, 0.15) is 10.4 Å². The molecular weight excluding hydrogens is 293 g/mol. The zero-order valence-electron chi connectivity index (χ0n) is 9.44. The number of carbonyl (C=O) groups is 1. The fraction of sp³-hybridized carbons (Fsp3) is 0.167. The Kier molecular flexibility index (Phi) is 2.79. The molecule has 7 heteroatoms. The first-order valence-corrected chi connectivity index (χ1v) is 6.79. The molecule has 2 heterocycles. The number of thioether (sulfide) groups is 1. The Bertz CT molecular complexity index is 787. The molecule has 1 N–H and O–H groups in total. The van der Waals surface area contributed by atoms with E-state index in [9.17, 15) is 14.0 Å². The van der Waals surface area contributed by atoms with Crippen LogP contribution in [-0.4, -0.2) is 21.4 Å². The van der Waals surface area contributed by atoms with Gasteiger partial charge in [-0.3, -0.25) is 4.79 Å². The molecule has 1 aliphatic rings. The highest BCUT2D eigenvalue weighted by Crippen LogP contribution is 2.33. The molecule has 0 spiro atoms. The van der Waals surface area contributed by atoms with E-state index < -0.39 is 17.2 Å². The predicted molar refractivity (Wildman–Crippen MR) is 70.9 cm³/mol. The van der Waals surface area contributed by atoms with Crippen molar-refractivity contribution in [1.82, 2.24) is 4.57 Å². The molecule has 2 aromatic rings. The van der Waals surface area contributed by atoms with Crippen molar-refractivity contribution >= 4 is 40.2 Å². The number of rotatable bonds is 1. The molecule has 4 nitrogen and oxygen atoms in total. The number of benzene rings is 1. The monoisotopic (exact) mass is 299 g/mol. The molecule has 98 valence electrons. The van der Waals surface area contributed by atoms with E-state index in [0.717, 1.165) is 0 Å². The summed E-state index contributed by atoms with van der Waals surface area (Å²) in [5.41, 5.74) is -0.877. The maximum atomic E-state index is 14.1. The van der Waals surface area contributed by atoms with Gasteiger partial charge in [0.1, 0.15) is 5.56 Å². The predicted octanol–water partition coefficient (Wildman–Crippen LogP) is 2.60. The van der Waals surface area contributed by atoms with Crippen LogP contribution in [0.2, 0.25) is 5.02 Å². The lowest BCUT2D eigenvalue weighted by molar-refractivity contribution is 0.0690. The van der Waals surface area contributed by atoms with Gasteiger partial charge in [0.15, 0.2) is 5.82 Å². The van der Waals surface area contributed by atoms with Crippen LogP contribution in [0.5, 0.6) is 0 Å². The van der Waals surface area contributed by atoms with Crippen molar-refractivity contribution in [2.45, 2.75) is 11.6 Å². The number of fused-ring (bicyclic) bond motifs is 3. The van der Waals surface area contributed by atoms with E-state index in [2.05, 4.69) is 0 Å². The van der Waals surface area contributed by atoms with Gasteiger partial charge in [0.2, 0.25) is 5.43 Å². The number of aryl methyl sites for hydroxylation is 1. The van der Waals surface area contributed by atoms with E-state index >= 15 is 0 Å². The Hall–Kier alpha value is -1.53. The zero-order valence-corrected chi connectivity index (χ0v) is 11.0. The fourth-order valence-electron chi connectivity index (χ4n) is 2.24. The Balaban J connectivity index is 2.59. The standard InChI is InChI=1S/C12H7ClFNO3S/c13-6-2-1-5-9(8(6)14)15-3-4-19-11(15)7(10(5)16)12(17)18/h1-2H,3-4H2,(H,17,18). The molecule has 0 bridgehead atoms. The van der Waals surface area contributed by atoms with Crippen molar-refractivity contribution in [2.24, 2.45) is 0 Å². The fourth-order valence-corrected chi connectivity index (χ4v) is 3.52. The van der Waals surface area contributed by atoms with E-state index in [-0.39, 0.29) is 21.5 Å². The Morgan fingerprint density at radius 2 is 2.21 bits per heavy atom. The number of carboxylic acids is 1. The van der Waals surface area contributed by atoms with Crippen molar-refractivity contribution < 1.29 is 14.3 Å². The molecule has 0 fully saturated rings. The molecule has 1 aliphatic heterocycles. The Labute approximate surface area is 115 Å². The van der Waals surface area contributed by atoms with Gasteiger partial charge < -0.3 is 9.67 Å². The summed E-state index contributed by atoms with van der Waals surface area (Å²) in [5, 5.41) is 9.43. The molecule has 0 saturated heterocycles. The van der Waals surface area contributed by atoms with Crippen LogP contribution in [-0.2, 0) is 6.54 Å². The average molecular weight is 300 g/mol. The van der Waals surface area contributed by atoms with Gasteiger partial charge in [-0.2, -0.15) is 0 Å². The Morgan fingerprint density at radius 1 is 1.47 bits per heavy atom. The number of aromatic nitrogens is 1. The van der Waals surface area contributed by atoms with Gasteiger partial charge in [-0.1, -0.05) is 11.6 Å². The maximum absolute atomic E-state index is 14.1. The zero-order chi connectivity index (χ0) is 13.7. The molecular formula is C12H7ClFNO3S. The molecule has 0 amide bonds. The summed E-state index contributed by atoms with van der Waals surface area (Å²) in [4.78, 5) is 23.4. The van der Waals surface area contributed by atoms with Gasteiger partial charge in [-0.25, -0.2) is 9.18 Å². The van der Waals surface area contributed by atoms with Crippen LogP contribution < -0.4 is 5.43 Å². The summed E-state index contributed by atoms with van der Waals surface area (Å²) in [6, 6.07) is 2.63. The van der Waals surface area contributed by atoms with Gasteiger partial charge in [-0.15, -0.1) is 11.8 Å². The molecule has 1 aromatic carbocycles. The second-order valence-corrected chi connectivity index (χ2v) is 5.56. The van der Waals surface area contributed by atoms with E-state index in [4.69, 9.17) is 16.7 Å². The molecule has 0 aliphatic carbocycles. The number of hydrogen-bond donors (Lipinski definition) is 1. The number of halogens is 2. The number of hydrogen-bond acceptors (Lipinski definition) is 3. The minimum atomic E-state index is -1.29. The van der Waals surface area contributed by atoms with Crippen molar-refractivity contribution in [2.75, 3.05) is 5.75 Å². The van der Waals surface area contributed by atoms with E-state index in [1.54, 1.807) is 0 Å². The molecule has 0 atom stereocenters. The first kappa shape index (κ1) is 12.5. The smallest absolute Gasteiger partial charge is 0.342 e. The quantitative estimate of drug-likeness (QED) is 0.879. The second-order valence-electron chi connectivity index (χ2n) is 4.07. The van der Waals surface area contributed by atoms with Crippen molar-refractivity contribution in [3.05, 3.63) is 38.8 Å². The van der Waals surface area contributed by atoms with Gasteiger partial charge >= 0.3 is 5.97 Å². The van der Waals surface area contributed by atoms with Crippen LogP contribution in [0.4, 0.5) is 4.39 Å². The highest BCUT2D eigenvalue weighted by Gasteiger charge is 2.27. The van der Waals surface area contributed by atoms with Gasteiger partial charge in [0, 0.05) is 17.7 Å². The third-order valence-corrected chi connectivity index (χ3v) is 4.41. The van der Waals surface area contributed by atoms with Crippen LogP contribution in [0.15, 0.2) is 22.0 Å². The van der Waals surface area contributed by atoms with Crippen molar-refractivity contribution in [3.8, 4) is 0 Å². The summed E-state index contributed by atoms with van der Waals surface area (Å²) >= 11 is 6.97. The number of aromatic carboxylic acids is 1. The van der Waals surface area contributed by atoms with Crippen LogP contribution >= 0.6 is 23.4 Å². The number of carboxylic acid groups (broad SMARTS) is 1. The number of pyridine rings is 1. The molecule has 1 aromatic heterocycles. The minimum Gasteiger partial charge on any atom is -0.477 e. The summed E-state index contributed by atoms with van der Waals surface area (Å²) in [5.74, 6) is -1.37. The molecule has 0 radical (unpaired) electrons. The van der Waals surface area contributed by atoms with Crippen molar-refractivity contribution in [1.29, 1.82) is 0 Å². The Morgan fingerprint density at radius 3 is 2.89 bits per heavy atom. The van der Waals surface area contributed by atoms with E-state index in [1.807, 2.05) is 0 Å². The molecule has 3 rings (SSSR count). The third-order valence-electron chi connectivity index (χ3n) is 3.04. The third kappa shape index (κ3) is 1.67. The highest BCUT2D eigenvalue weighted by atomic mass is 35.5. The lowest BCUT2D eigenvalue weighted by Gasteiger charge is -2.12. The molecule has 0 unspecified atom stereocenters. The minimum absolute atomic E-state index is 0.0468. The average Bonchev–Trinajstić information content (AvgIpc) is 2.81. The topological polar surface area (TPSA) is 59.3 Å². The SMILES string of the molecule is O=C(O)c1c2n(c3c(F)c(Cl)ccc3c1=O)CCS2. The van der Waals surface area contributed by atoms with Crippen LogP contribution in [0, 0.1) is 5.82 Å². The lowest BCUT2D eigenvalue weighted by Crippen LogP contribution is -2.20. The first-order valence-electron chi connectivity index (χ1n) is 5.43. The van der Waals surface area contributed by atoms with E-state index in [1.165, 1.54) is 28.5 Å². The lowest BCUT2D eigenvalue weighted by atomic mass is 10.1. The van der Waals surface area contributed by atoms with Gasteiger partial charge in [0.25, 0.3) is 0 Å². The largest absolute Gasteiger partial charge is 0.477 e. The normalized spacial score (nSPS) is 13.8.